The number of aliphatic imine (C=N–C) groups is 1. The van der Waals surface area contributed by atoms with Crippen molar-refractivity contribution in [1.82, 2.24) is 0 Å². The zero-order chi connectivity index (χ0) is 9.90. The van der Waals surface area contributed by atoms with Crippen molar-refractivity contribution in [3.05, 3.63) is 11.5 Å². The average molecular weight is 250 g/mol. The molecule has 1 atom stereocenters. The summed E-state index contributed by atoms with van der Waals surface area (Å²) in [4.78, 5) is 4.09. The van der Waals surface area contributed by atoms with Gasteiger partial charge in [-0.25, -0.2) is 0 Å². The molecule has 0 aliphatic carbocycles. The second-order valence-electron chi connectivity index (χ2n) is 2.50. The van der Waals surface area contributed by atoms with Gasteiger partial charge in [-0.2, -0.15) is 0 Å². The summed E-state index contributed by atoms with van der Waals surface area (Å²) in [7, 11) is 4.72. The first-order valence-electron chi connectivity index (χ1n) is 3.74. The van der Waals surface area contributed by atoms with E-state index in [9.17, 15) is 0 Å². The van der Waals surface area contributed by atoms with Crippen molar-refractivity contribution in [1.29, 1.82) is 0 Å². The van der Waals surface area contributed by atoms with Crippen LogP contribution in [0.3, 0.4) is 0 Å². The minimum absolute atomic E-state index is 0.472. The molecule has 0 fully saturated rings. The van der Waals surface area contributed by atoms with Crippen molar-refractivity contribution in [2.45, 2.75) is 4.51 Å². The molecule has 5 heteroatoms. The molecule has 1 aliphatic heterocycles. The molecule has 0 saturated heterocycles. The second kappa shape index (κ2) is 4.11. The molecule has 0 bridgehead atoms. The highest BCUT2D eigenvalue weighted by atomic mass is 79.9. The number of rotatable bonds is 3. The molecule has 1 heterocycles. The van der Waals surface area contributed by atoms with Gasteiger partial charge in [0.15, 0.2) is 11.5 Å². The van der Waals surface area contributed by atoms with E-state index >= 15 is 0 Å². The third kappa shape index (κ3) is 1.86. The van der Waals surface area contributed by atoms with Crippen LogP contribution in [0.1, 0.15) is 0 Å². The maximum absolute atomic E-state index is 5.25. The zero-order valence-corrected chi connectivity index (χ0v) is 9.42. The van der Waals surface area contributed by atoms with Crippen molar-refractivity contribution in [2.24, 2.45) is 4.99 Å². The lowest BCUT2D eigenvalue weighted by molar-refractivity contribution is 0.0529. The maximum atomic E-state index is 5.25. The molecule has 0 aromatic heterocycles. The Morgan fingerprint density at radius 3 is 2.54 bits per heavy atom. The molecule has 0 N–H and O–H groups in total. The van der Waals surface area contributed by atoms with Crippen molar-refractivity contribution in [3.63, 3.8) is 0 Å². The van der Waals surface area contributed by atoms with Crippen LogP contribution < -0.4 is 0 Å². The number of nitrogens with zero attached hydrogens (tertiary/aromatic N) is 1. The van der Waals surface area contributed by atoms with Gasteiger partial charge < -0.3 is 14.2 Å². The minimum atomic E-state index is -0.693. The molecule has 0 radical (unpaired) electrons. The number of allylic oxidation sites excluding steroid dienone is 1. The first kappa shape index (κ1) is 10.5. The summed E-state index contributed by atoms with van der Waals surface area (Å²) in [5.41, 5.74) is 0. The summed E-state index contributed by atoms with van der Waals surface area (Å²) in [6, 6.07) is 0. The van der Waals surface area contributed by atoms with Crippen LogP contribution in [-0.2, 0) is 14.2 Å². The lowest BCUT2D eigenvalue weighted by Gasteiger charge is -2.29. The van der Waals surface area contributed by atoms with Gasteiger partial charge in [-0.15, -0.1) is 0 Å². The van der Waals surface area contributed by atoms with Gasteiger partial charge in [0, 0.05) is 7.11 Å². The molecule has 4 nitrogen and oxygen atoms in total. The number of alkyl halides is 1. The summed E-state index contributed by atoms with van der Waals surface area (Å²) < 4.78 is 14.8. The standard InChI is InChI=1S/C8H12BrNO3/c1-11-6-4-10-5-8(9,13-3)7(6)12-2/h4H,5H2,1-3H3. The molecule has 0 amide bonds. The summed E-state index contributed by atoms with van der Waals surface area (Å²) in [6.45, 7) is 0.472. The largest absolute Gasteiger partial charge is 0.493 e. The number of ether oxygens (including phenoxy) is 3. The van der Waals surface area contributed by atoms with Crippen LogP contribution in [0.2, 0.25) is 0 Å². The van der Waals surface area contributed by atoms with E-state index in [1.54, 1.807) is 27.5 Å². The minimum Gasteiger partial charge on any atom is -0.493 e. The van der Waals surface area contributed by atoms with Gasteiger partial charge in [-0.3, -0.25) is 4.99 Å². The topological polar surface area (TPSA) is 40.0 Å². The summed E-state index contributed by atoms with van der Waals surface area (Å²) in [6.07, 6.45) is 1.62. The highest BCUT2D eigenvalue weighted by molar-refractivity contribution is 9.10. The van der Waals surface area contributed by atoms with Crippen LogP contribution in [0.15, 0.2) is 16.5 Å². The van der Waals surface area contributed by atoms with Crippen molar-refractivity contribution >= 4 is 22.1 Å². The zero-order valence-electron chi connectivity index (χ0n) is 7.83. The lowest BCUT2D eigenvalue weighted by atomic mass is 10.2. The smallest absolute Gasteiger partial charge is 0.202 e. The molecule has 0 aromatic rings. The van der Waals surface area contributed by atoms with Crippen LogP contribution in [0, 0.1) is 0 Å². The fourth-order valence-corrected chi connectivity index (χ4v) is 1.62. The molecule has 74 valence electrons. The monoisotopic (exact) mass is 249 g/mol. The fraction of sp³-hybridized carbons (Fsp3) is 0.625. The highest BCUT2D eigenvalue weighted by Gasteiger charge is 2.37. The normalized spacial score (nSPS) is 27.7. The van der Waals surface area contributed by atoms with E-state index < -0.39 is 4.51 Å². The third-order valence-electron chi connectivity index (χ3n) is 1.81. The molecule has 0 saturated carbocycles. The van der Waals surface area contributed by atoms with E-state index in [1.165, 1.54) is 0 Å². The summed E-state index contributed by atoms with van der Waals surface area (Å²) in [5.74, 6) is 1.18. The van der Waals surface area contributed by atoms with E-state index in [0.29, 0.717) is 18.1 Å². The lowest BCUT2D eigenvalue weighted by Crippen LogP contribution is -2.35. The van der Waals surface area contributed by atoms with Gasteiger partial charge in [0.2, 0.25) is 4.51 Å². The van der Waals surface area contributed by atoms with Crippen LogP contribution in [-0.4, -0.2) is 38.6 Å². The predicted octanol–water partition coefficient (Wildman–Crippen LogP) is 1.31. The van der Waals surface area contributed by atoms with Gasteiger partial charge in [0.1, 0.15) is 0 Å². The Balaban J connectivity index is 3.04. The Morgan fingerprint density at radius 1 is 1.38 bits per heavy atom. The van der Waals surface area contributed by atoms with Crippen LogP contribution in [0.5, 0.6) is 0 Å². The molecule has 1 aliphatic rings. The van der Waals surface area contributed by atoms with E-state index in [4.69, 9.17) is 14.2 Å². The number of halogens is 1. The van der Waals surface area contributed by atoms with Gasteiger partial charge in [-0.1, -0.05) is 0 Å². The number of hydrogen-bond donors (Lipinski definition) is 0. The van der Waals surface area contributed by atoms with Crippen LogP contribution >= 0.6 is 15.9 Å². The summed E-state index contributed by atoms with van der Waals surface area (Å²) >= 11 is 3.40. The van der Waals surface area contributed by atoms with Crippen LogP contribution in [0.4, 0.5) is 0 Å². The number of methoxy groups -OCH3 is 3. The molecule has 1 rings (SSSR count). The summed E-state index contributed by atoms with van der Waals surface area (Å²) in [5, 5.41) is 0. The van der Waals surface area contributed by atoms with Crippen molar-refractivity contribution < 1.29 is 14.2 Å². The Bertz CT molecular complexity index is 252. The van der Waals surface area contributed by atoms with E-state index in [-0.39, 0.29) is 0 Å². The predicted molar refractivity (Wildman–Crippen MR) is 53.1 cm³/mol. The fourth-order valence-electron chi connectivity index (χ4n) is 1.12. The molecule has 1 unspecified atom stereocenters. The van der Waals surface area contributed by atoms with Gasteiger partial charge in [0.25, 0.3) is 0 Å². The third-order valence-corrected chi connectivity index (χ3v) is 2.75. The average Bonchev–Trinajstić information content (AvgIpc) is 2.17. The molecule has 0 aromatic carbocycles. The van der Waals surface area contributed by atoms with E-state index in [0.717, 1.165) is 0 Å². The Hall–Kier alpha value is -0.550. The highest BCUT2D eigenvalue weighted by Crippen LogP contribution is 2.33. The van der Waals surface area contributed by atoms with E-state index in [1.807, 2.05) is 0 Å². The molecule has 0 spiro atoms. The first-order valence-corrected chi connectivity index (χ1v) is 4.54. The molecular formula is C8H12BrNO3. The Labute approximate surface area is 85.7 Å². The first-order chi connectivity index (χ1) is 6.18. The number of hydrogen-bond acceptors (Lipinski definition) is 4. The quantitative estimate of drug-likeness (QED) is 0.709. The molecule has 13 heavy (non-hydrogen) atoms. The number of dihydropyridines is 1. The van der Waals surface area contributed by atoms with Crippen molar-refractivity contribution in [2.75, 3.05) is 27.9 Å². The van der Waals surface area contributed by atoms with Gasteiger partial charge in [0.05, 0.1) is 27.0 Å². The van der Waals surface area contributed by atoms with Crippen LogP contribution in [0.25, 0.3) is 0 Å². The van der Waals surface area contributed by atoms with Gasteiger partial charge >= 0.3 is 0 Å². The maximum Gasteiger partial charge on any atom is 0.202 e. The van der Waals surface area contributed by atoms with Crippen molar-refractivity contribution in [3.8, 4) is 0 Å². The SMILES string of the molecule is COC1=C(OC)C(Br)(OC)CN=C1. The second-order valence-corrected chi connectivity index (χ2v) is 3.78. The van der Waals surface area contributed by atoms with Gasteiger partial charge in [-0.05, 0) is 15.9 Å². The molecular weight excluding hydrogens is 238 g/mol. The Morgan fingerprint density at radius 2 is 2.08 bits per heavy atom. The van der Waals surface area contributed by atoms with E-state index in [2.05, 4.69) is 20.9 Å². The Kier molecular flexibility index (Phi) is 3.33.